The van der Waals surface area contributed by atoms with E-state index in [9.17, 15) is 25.5 Å². The van der Waals surface area contributed by atoms with Crippen molar-refractivity contribution in [3.63, 3.8) is 0 Å². The predicted octanol–water partition coefficient (Wildman–Crippen LogP) is 3.68. The summed E-state index contributed by atoms with van der Waals surface area (Å²) in [5, 5.41) is 53.1. The summed E-state index contributed by atoms with van der Waals surface area (Å²) in [5.74, 6) is 0.484. The molecule has 0 aromatic heterocycles. The predicted molar refractivity (Wildman–Crippen MR) is 166 cm³/mol. The van der Waals surface area contributed by atoms with E-state index in [0.29, 0.717) is 30.8 Å². The van der Waals surface area contributed by atoms with Gasteiger partial charge in [-0.15, -0.1) is 0 Å². The molecular formula is C36H58O9. The highest BCUT2D eigenvalue weighted by atomic mass is 16.7. The lowest BCUT2D eigenvalue weighted by Gasteiger charge is -2.70. The maximum absolute atomic E-state index is 12.0. The Kier molecular flexibility index (Phi) is 7.64. The highest BCUT2D eigenvalue weighted by Crippen LogP contribution is 2.80. The standard InChI is InChI=1S/C36H58O9/c1-19(2)14-20-15-34(7,41)29-21-8-9-24-32(5)12-11-25(44-30-28(40)27(39)26(38)22(16-37)43-30)31(3,4)23(32)10-13-33(24,6)35(21)17-36(29,45-20)42-18-35/h14,20-30,37-41H,8-13,15-18H2,1-7H3/t20-,21+,22+,23-,24+,25-,26+,27-,28+,29-,30-,32-,33+,34-,35-,36-/m0/s1. The number of allylic oxidation sites excluding steroid dienone is 1. The van der Waals surface area contributed by atoms with Gasteiger partial charge in [0.2, 0.25) is 0 Å². The Morgan fingerprint density at radius 2 is 1.64 bits per heavy atom. The Morgan fingerprint density at radius 3 is 2.33 bits per heavy atom. The van der Waals surface area contributed by atoms with E-state index >= 15 is 0 Å². The van der Waals surface area contributed by atoms with Crippen molar-refractivity contribution in [3.8, 4) is 0 Å². The third-order valence-corrected chi connectivity index (χ3v) is 14.9. The third kappa shape index (κ3) is 4.37. The average molecular weight is 635 g/mol. The van der Waals surface area contributed by atoms with Crippen molar-refractivity contribution in [1.29, 1.82) is 0 Å². The summed E-state index contributed by atoms with van der Waals surface area (Å²) in [6.07, 6.45) is 3.03. The largest absolute Gasteiger partial charge is 0.394 e. The molecule has 7 rings (SSSR count). The van der Waals surface area contributed by atoms with Gasteiger partial charge in [-0.05, 0) is 93.3 Å². The van der Waals surface area contributed by atoms with Crippen LogP contribution in [0.15, 0.2) is 11.6 Å². The molecule has 2 bridgehead atoms. The van der Waals surface area contributed by atoms with Crippen molar-refractivity contribution >= 4 is 0 Å². The van der Waals surface area contributed by atoms with Crippen LogP contribution < -0.4 is 0 Å². The Labute approximate surface area is 268 Å². The highest BCUT2D eigenvalue weighted by Gasteiger charge is 2.80. The van der Waals surface area contributed by atoms with Gasteiger partial charge < -0.3 is 44.5 Å². The molecule has 3 saturated heterocycles. The second kappa shape index (κ2) is 10.4. The monoisotopic (exact) mass is 634 g/mol. The van der Waals surface area contributed by atoms with E-state index in [2.05, 4.69) is 47.6 Å². The molecule has 0 aromatic carbocycles. The quantitative estimate of drug-likeness (QED) is 0.232. The van der Waals surface area contributed by atoms with Crippen LogP contribution in [0.1, 0.15) is 99.8 Å². The Morgan fingerprint density at radius 1 is 0.911 bits per heavy atom. The van der Waals surface area contributed by atoms with Crippen molar-refractivity contribution in [2.75, 3.05) is 13.2 Å². The van der Waals surface area contributed by atoms with Gasteiger partial charge in [0, 0.05) is 24.2 Å². The normalized spacial score (nSPS) is 58.2. The summed E-state index contributed by atoms with van der Waals surface area (Å²) in [6, 6.07) is 0. The van der Waals surface area contributed by atoms with Gasteiger partial charge in [0.25, 0.3) is 0 Å². The van der Waals surface area contributed by atoms with Gasteiger partial charge in [-0.2, -0.15) is 0 Å². The van der Waals surface area contributed by atoms with Crippen LogP contribution in [0.25, 0.3) is 0 Å². The summed E-state index contributed by atoms with van der Waals surface area (Å²) >= 11 is 0. The van der Waals surface area contributed by atoms with Crippen LogP contribution in [-0.4, -0.2) is 93.0 Å². The van der Waals surface area contributed by atoms with E-state index in [-0.39, 0.29) is 39.8 Å². The molecule has 0 radical (unpaired) electrons. The van der Waals surface area contributed by atoms with Crippen molar-refractivity contribution < 1.29 is 44.5 Å². The van der Waals surface area contributed by atoms with Crippen LogP contribution in [0.2, 0.25) is 0 Å². The van der Waals surface area contributed by atoms with Crippen molar-refractivity contribution in [1.82, 2.24) is 0 Å². The summed E-state index contributed by atoms with van der Waals surface area (Å²) < 4.78 is 25.9. The van der Waals surface area contributed by atoms with Crippen LogP contribution in [0.5, 0.6) is 0 Å². The molecule has 16 atom stereocenters. The van der Waals surface area contributed by atoms with E-state index in [4.69, 9.17) is 18.9 Å². The molecule has 0 amide bonds. The zero-order valence-electron chi connectivity index (χ0n) is 28.4. The lowest BCUT2D eigenvalue weighted by molar-refractivity contribution is -0.343. The molecule has 3 heterocycles. The Bertz CT molecular complexity index is 1200. The molecule has 4 saturated carbocycles. The van der Waals surface area contributed by atoms with Crippen LogP contribution in [0, 0.1) is 45.3 Å². The van der Waals surface area contributed by atoms with E-state index in [1.165, 1.54) is 5.57 Å². The smallest absolute Gasteiger partial charge is 0.186 e. The van der Waals surface area contributed by atoms with Gasteiger partial charge in [0.15, 0.2) is 12.1 Å². The lowest BCUT2D eigenvalue weighted by Crippen LogP contribution is -2.67. The van der Waals surface area contributed by atoms with E-state index in [1.807, 2.05) is 6.92 Å². The fourth-order valence-electron chi connectivity index (χ4n) is 13.1. The second-order valence-electron chi connectivity index (χ2n) is 17.8. The van der Waals surface area contributed by atoms with Gasteiger partial charge >= 0.3 is 0 Å². The van der Waals surface area contributed by atoms with Crippen LogP contribution in [-0.2, 0) is 18.9 Å². The zero-order valence-corrected chi connectivity index (χ0v) is 28.4. The molecule has 45 heavy (non-hydrogen) atoms. The van der Waals surface area contributed by atoms with Crippen molar-refractivity contribution in [2.45, 2.75) is 154 Å². The van der Waals surface area contributed by atoms with Gasteiger partial charge in [-0.1, -0.05) is 39.3 Å². The fraction of sp³-hybridized carbons (Fsp3) is 0.944. The number of aliphatic hydroxyl groups is 5. The molecule has 0 aromatic rings. The minimum Gasteiger partial charge on any atom is -0.394 e. The Hall–Kier alpha value is -0.620. The molecule has 3 aliphatic heterocycles. The maximum atomic E-state index is 12.0. The number of aliphatic hydroxyl groups excluding tert-OH is 4. The van der Waals surface area contributed by atoms with Gasteiger partial charge in [0.1, 0.15) is 24.4 Å². The van der Waals surface area contributed by atoms with E-state index in [0.717, 1.165) is 44.9 Å². The summed E-state index contributed by atoms with van der Waals surface area (Å²) in [5.41, 5.74) is 0.196. The Balaban J connectivity index is 1.16. The van der Waals surface area contributed by atoms with Crippen LogP contribution in [0.4, 0.5) is 0 Å². The topological polar surface area (TPSA) is 138 Å². The molecule has 7 aliphatic rings. The SMILES string of the molecule is CC(C)=C[C@H]1C[C@](C)(O)[C@@H]2[C@H]3CC[C@@H]4[C@@]5(C)CC[C@H](O[C@@H]6O[C@H](CO)[C@@H](O)[C@H](O)[C@H]6O)C(C)(C)[C@@H]5CC[C@@]4(C)[C@@]34CO[C@@]2(C4)O1. The highest BCUT2D eigenvalue weighted by molar-refractivity contribution is 5.26. The number of fused-ring (bicyclic) bond motifs is 4. The summed E-state index contributed by atoms with van der Waals surface area (Å²) in [7, 11) is 0. The van der Waals surface area contributed by atoms with Crippen LogP contribution >= 0.6 is 0 Å². The lowest BCUT2D eigenvalue weighted by atomic mass is 9.35. The molecule has 5 N–H and O–H groups in total. The van der Waals surface area contributed by atoms with Crippen molar-refractivity contribution in [3.05, 3.63) is 11.6 Å². The maximum Gasteiger partial charge on any atom is 0.186 e. The molecule has 9 heteroatoms. The average Bonchev–Trinajstić information content (AvgIpc) is 3.46. The molecular weight excluding hydrogens is 576 g/mol. The first-order valence-corrected chi connectivity index (χ1v) is 17.6. The van der Waals surface area contributed by atoms with Crippen molar-refractivity contribution in [2.24, 2.45) is 45.3 Å². The number of ether oxygens (including phenoxy) is 4. The van der Waals surface area contributed by atoms with Gasteiger partial charge in [0.05, 0.1) is 31.0 Å². The number of hydrogen-bond donors (Lipinski definition) is 5. The summed E-state index contributed by atoms with van der Waals surface area (Å²) in [4.78, 5) is 0. The fourth-order valence-corrected chi connectivity index (χ4v) is 13.1. The third-order valence-electron chi connectivity index (χ3n) is 14.9. The molecule has 4 aliphatic carbocycles. The van der Waals surface area contributed by atoms with Crippen LogP contribution in [0.3, 0.4) is 0 Å². The molecule has 256 valence electrons. The number of hydrogen-bond acceptors (Lipinski definition) is 9. The first kappa shape index (κ1) is 32.9. The second-order valence-corrected chi connectivity index (χ2v) is 17.8. The van der Waals surface area contributed by atoms with E-state index < -0.39 is 48.7 Å². The molecule has 0 unspecified atom stereocenters. The summed E-state index contributed by atoms with van der Waals surface area (Å²) in [6.45, 7) is 16.0. The minimum atomic E-state index is -1.45. The molecule has 7 fully saturated rings. The van der Waals surface area contributed by atoms with Gasteiger partial charge in [-0.3, -0.25) is 0 Å². The first-order chi connectivity index (χ1) is 21.0. The van der Waals surface area contributed by atoms with E-state index in [1.54, 1.807) is 0 Å². The number of rotatable bonds is 4. The zero-order chi connectivity index (χ0) is 32.5. The first-order valence-electron chi connectivity index (χ1n) is 17.6. The molecule has 9 nitrogen and oxygen atoms in total. The minimum absolute atomic E-state index is 0.0250. The van der Waals surface area contributed by atoms with Gasteiger partial charge in [-0.25, -0.2) is 0 Å². The molecule has 2 spiro atoms.